The number of hydrogen-bond donors (Lipinski definition) is 2. The monoisotopic (exact) mass is 297 g/mol. The Balaban J connectivity index is 3.86. The van der Waals surface area contributed by atoms with Crippen molar-refractivity contribution in [1.82, 2.24) is 0 Å². The van der Waals surface area contributed by atoms with Gasteiger partial charge >= 0.3 is 12.1 Å². The van der Waals surface area contributed by atoms with Crippen LogP contribution in [0.15, 0.2) is 17.0 Å². The van der Waals surface area contributed by atoms with Gasteiger partial charge in [0.05, 0.1) is 16.8 Å². The number of hydrogen-bond acceptors (Lipinski definition) is 4. The Kier molecular flexibility index (Phi) is 3.80. The van der Waals surface area contributed by atoms with Crippen molar-refractivity contribution in [3.05, 3.63) is 23.3 Å². The third-order valence-electron chi connectivity index (χ3n) is 2.31. The quantitative estimate of drug-likeness (QED) is 0.889. The van der Waals surface area contributed by atoms with Crippen molar-refractivity contribution in [2.75, 3.05) is 18.6 Å². The molecule has 0 atom stereocenters. The minimum absolute atomic E-state index is 0.532. The third kappa shape index (κ3) is 2.98. The topological polar surface area (TPSA) is 83.5 Å². The number of aromatic carboxylic acids is 1. The summed E-state index contributed by atoms with van der Waals surface area (Å²) in [5, 5.41) is 11.0. The number of carboxylic acid groups (broad SMARTS) is 1. The fourth-order valence-corrected chi connectivity index (χ4v) is 2.76. The number of nitrogens with one attached hydrogen (secondary N) is 1. The van der Waals surface area contributed by atoms with Crippen LogP contribution >= 0.6 is 0 Å². The van der Waals surface area contributed by atoms with Crippen molar-refractivity contribution < 1.29 is 31.5 Å². The number of sulfone groups is 1. The molecule has 0 saturated heterocycles. The summed E-state index contributed by atoms with van der Waals surface area (Å²) in [5.41, 5.74) is -2.71. The van der Waals surface area contributed by atoms with Gasteiger partial charge in [-0.1, -0.05) is 0 Å². The highest BCUT2D eigenvalue weighted by Crippen LogP contribution is 2.39. The highest BCUT2D eigenvalue weighted by Gasteiger charge is 2.37. The summed E-state index contributed by atoms with van der Waals surface area (Å²) in [6.07, 6.45) is -4.15. The second-order valence-corrected chi connectivity index (χ2v) is 5.64. The van der Waals surface area contributed by atoms with Crippen LogP contribution in [-0.4, -0.2) is 32.8 Å². The van der Waals surface area contributed by atoms with E-state index in [9.17, 15) is 26.4 Å². The molecule has 0 heterocycles. The van der Waals surface area contributed by atoms with Crippen LogP contribution in [0.5, 0.6) is 0 Å². The van der Waals surface area contributed by atoms with E-state index in [1.807, 2.05) is 0 Å². The highest BCUT2D eigenvalue weighted by atomic mass is 32.2. The van der Waals surface area contributed by atoms with Gasteiger partial charge in [0.15, 0.2) is 9.84 Å². The predicted octanol–water partition coefficient (Wildman–Crippen LogP) is 1.85. The van der Waals surface area contributed by atoms with Gasteiger partial charge in [-0.05, 0) is 12.1 Å². The van der Waals surface area contributed by atoms with E-state index < -0.39 is 43.7 Å². The maximum absolute atomic E-state index is 12.8. The molecular weight excluding hydrogens is 287 g/mol. The maximum atomic E-state index is 12.8. The zero-order valence-corrected chi connectivity index (χ0v) is 10.7. The Hall–Kier alpha value is -1.77. The zero-order chi connectivity index (χ0) is 15.0. The minimum Gasteiger partial charge on any atom is -0.478 e. The lowest BCUT2D eigenvalue weighted by Gasteiger charge is -2.17. The molecule has 0 unspecified atom stereocenters. The predicted molar refractivity (Wildman–Crippen MR) is 61.1 cm³/mol. The molecule has 0 radical (unpaired) electrons. The molecule has 0 saturated carbocycles. The first-order valence-electron chi connectivity index (χ1n) is 4.85. The molecule has 0 aliphatic heterocycles. The van der Waals surface area contributed by atoms with Crippen LogP contribution in [0.1, 0.15) is 15.9 Å². The molecule has 0 bridgehead atoms. The Morgan fingerprint density at radius 1 is 1.32 bits per heavy atom. The molecule has 1 aromatic carbocycles. The lowest BCUT2D eigenvalue weighted by atomic mass is 10.1. The Labute approximate surface area is 107 Å². The van der Waals surface area contributed by atoms with Gasteiger partial charge in [0, 0.05) is 13.3 Å². The molecule has 2 N–H and O–H groups in total. The molecule has 0 amide bonds. The van der Waals surface area contributed by atoms with Crippen LogP contribution in [0, 0.1) is 0 Å². The van der Waals surface area contributed by atoms with Crippen LogP contribution in [0.3, 0.4) is 0 Å². The first kappa shape index (κ1) is 15.3. The zero-order valence-electron chi connectivity index (χ0n) is 9.87. The van der Waals surface area contributed by atoms with Gasteiger partial charge in [-0.2, -0.15) is 13.2 Å². The molecule has 0 spiro atoms. The SMILES string of the molecule is CNc1c(C(F)(F)F)ccc(C(=O)O)c1S(C)(=O)=O. The molecule has 9 heteroatoms. The molecular formula is C10H10F3NO4S. The average molecular weight is 297 g/mol. The maximum Gasteiger partial charge on any atom is 0.418 e. The number of carbonyl (C=O) groups is 1. The van der Waals surface area contributed by atoms with Gasteiger partial charge < -0.3 is 10.4 Å². The molecule has 5 nitrogen and oxygen atoms in total. The first-order chi connectivity index (χ1) is 8.50. The van der Waals surface area contributed by atoms with Gasteiger partial charge in [0.2, 0.25) is 0 Å². The molecule has 0 aromatic heterocycles. The van der Waals surface area contributed by atoms with Gasteiger partial charge in [-0.25, -0.2) is 13.2 Å². The lowest BCUT2D eigenvalue weighted by molar-refractivity contribution is -0.137. The van der Waals surface area contributed by atoms with Crippen LogP contribution in [0.2, 0.25) is 0 Å². The third-order valence-corrected chi connectivity index (χ3v) is 3.48. The van der Waals surface area contributed by atoms with Crippen LogP contribution in [0.4, 0.5) is 18.9 Å². The number of alkyl halides is 3. The van der Waals surface area contributed by atoms with Gasteiger partial charge in [0.1, 0.15) is 4.90 Å². The standard InChI is InChI=1S/C10H10F3NO4S/c1-14-7-6(10(11,12)13)4-3-5(9(15)16)8(7)19(2,17)18/h3-4,14H,1-2H3,(H,15,16). The Morgan fingerprint density at radius 3 is 2.16 bits per heavy atom. The molecule has 1 aromatic rings. The van der Waals surface area contributed by atoms with E-state index in [4.69, 9.17) is 5.11 Å². The largest absolute Gasteiger partial charge is 0.478 e. The van der Waals surface area contributed by atoms with Crippen molar-refractivity contribution in [3.63, 3.8) is 0 Å². The number of carboxylic acids is 1. The van der Waals surface area contributed by atoms with Crippen molar-refractivity contribution in [2.45, 2.75) is 11.1 Å². The number of rotatable bonds is 3. The van der Waals surface area contributed by atoms with Crippen molar-refractivity contribution in [3.8, 4) is 0 Å². The molecule has 106 valence electrons. The molecule has 0 fully saturated rings. The van der Waals surface area contributed by atoms with E-state index in [0.717, 1.165) is 7.05 Å². The van der Waals surface area contributed by atoms with Crippen LogP contribution in [-0.2, 0) is 16.0 Å². The summed E-state index contributed by atoms with van der Waals surface area (Å²) in [7, 11) is -3.06. The summed E-state index contributed by atoms with van der Waals surface area (Å²) in [6.45, 7) is 0. The summed E-state index contributed by atoms with van der Waals surface area (Å²) < 4.78 is 61.4. The summed E-state index contributed by atoms with van der Waals surface area (Å²) in [5.74, 6) is -1.62. The van der Waals surface area contributed by atoms with E-state index >= 15 is 0 Å². The van der Waals surface area contributed by atoms with E-state index in [2.05, 4.69) is 5.32 Å². The lowest BCUT2D eigenvalue weighted by Crippen LogP contribution is -2.16. The normalized spacial score (nSPS) is 12.3. The van der Waals surface area contributed by atoms with E-state index in [-0.39, 0.29) is 0 Å². The first-order valence-corrected chi connectivity index (χ1v) is 6.74. The second-order valence-electron chi connectivity index (χ2n) is 3.69. The van der Waals surface area contributed by atoms with Crippen molar-refractivity contribution in [2.24, 2.45) is 0 Å². The van der Waals surface area contributed by atoms with E-state index in [0.29, 0.717) is 18.4 Å². The highest BCUT2D eigenvalue weighted by molar-refractivity contribution is 7.91. The minimum atomic E-state index is -4.80. The summed E-state index contributed by atoms with van der Waals surface area (Å²) in [4.78, 5) is 10.0. The molecule has 19 heavy (non-hydrogen) atoms. The smallest absolute Gasteiger partial charge is 0.418 e. The number of anilines is 1. The Morgan fingerprint density at radius 2 is 1.84 bits per heavy atom. The van der Waals surface area contributed by atoms with Gasteiger partial charge in [-0.3, -0.25) is 0 Å². The second kappa shape index (κ2) is 4.72. The van der Waals surface area contributed by atoms with E-state index in [1.54, 1.807) is 0 Å². The van der Waals surface area contributed by atoms with Crippen molar-refractivity contribution in [1.29, 1.82) is 0 Å². The number of halogens is 3. The average Bonchev–Trinajstić information content (AvgIpc) is 2.24. The van der Waals surface area contributed by atoms with Gasteiger partial charge in [-0.15, -0.1) is 0 Å². The summed E-state index contributed by atoms with van der Waals surface area (Å²) >= 11 is 0. The van der Waals surface area contributed by atoms with Crippen LogP contribution in [0.25, 0.3) is 0 Å². The van der Waals surface area contributed by atoms with Crippen LogP contribution < -0.4 is 5.32 Å². The molecule has 0 aliphatic rings. The van der Waals surface area contributed by atoms with E-state index in [1.165, 1.54) is 0 Å². The fraction of sp³-hybridized carbons (Fsp3) is 0.300. The molecule has 1 rings (SSSR count). The molecule has 0 aliphatic carbocycles. The number of benzene rings is 1. The Bertz CT molecular complexity index is 622. The summed E-state index contributed by atoms with van der Waals surface area (Å²) in [6, 6.07) is 1.16. The fourth-order valence-electron chi connectivity index (χ4n) is 1.62. The van der Waals surface area contributed by atoms with Gasteiger partial charge in [0.25, 0.3) is 0 Å². The van der Waals surface area contributed by atoms with Crippen molar-refractivity contribution >= 4 is 21.5 Å².